The summed E-state index contributed by atoms with van der Waals surface area (Å²) >= 11 is 0. The first-order valence-electron chi connectivity index (χ1n) is 8.98. The number of fused-ring (bicyclic) bond motifs is 1. The van der Waals surface area contributed by atoms with E-state index in [0.717, 1.165) is 10.8 Å². The van der Waals surface area contributed by atoms with E-state index in [1.807, 2.05) is 56.3 Å². The Bertz CT molecular complexity index is 760. The monoisotopic (exact) mass is 356 g/mol. The lowest BCUT2D eigenvalue weighted by Crippen LogP contribution is -2.52. The predicted molar refractivity (Wildman–Crippen MR) is 106 cm³/mol. The van der Waals surface area contributed by atoms with Gasteiger partial charge in [0.1, 0.15) is 6.04 Å². The number of amides is 2. The topological polar surface area (TPSA) is 110 Å². The first-order chi connectivity index (χ1) is 12.4. The van der Waals surface area contributed by atoms with Gasteiger partial charge in [-0.15, -0.1) is 0 Å². The summed E-state index contributed by atoms with van der Waals surface area (Å²) in [6.07, 6.45) is 1.17. The van der Waals surface area contributed by atoms with Gasteiger partial charge in [0.15, 0.2) is 0 Å². The van der Waals surface area contributed by atoms with Crippen molar-refractivity contribution in [1.29, 1.82) is 0 Å². The number of nitrogens with one attached hydrogen (secondary N) is 2. The zero-order valence-corrected chi connectivity index (χ0v) is 15.4. The molecular weight excluding hydrogens is 328 g/mol. The molecule has 2 aromatic rings. The number of benzene rings is 2. The number of anilines is 1. The minimum atomic E-state index is -0.659. The van der Waals surface area contributed by atoms with E-state index in [1.54, 1.807) is 0 Å². The van der Waals surface area contributed by atoms with Crippen LogP contribution in [-0.4, -0.2) is 30.4 Å². The molecular formula is C20H28N4O2. The maximum absolute atomic E-state index is 12.7. The maximum Gasteiger partial charge on any atom is 0.247 e. The summed E-state index contributed by atoms with van der Waals surface area (Å²) in [5.41, 5.74) is 12.0. The van der Waals surface area contributed by atoms with Crippen molar-refractivity contribution in [2.45, 2.75) is 38.8 Å². The molecule has 2 aromatic carbocycles. The number of carbonyl (C=O) groups excluding carboxylic acids is 2. The molecule has 0 saturated carbocycles. The molecule has 6 nitrogen and oxygen atoms in total. The molecule has 0 bridgehead atoms. The number of rotatable bonds is 8. The van der Waals surface area contributed by atoms with Crippen LogP contribution in [0, 0.1) is 5.92 Å². The van der Waals surface area contributed by atoms with Gasteiger partial charge in [0.05, 0.1) is 6.04 Å². The highest BCUT2D eigenvalue weighted by Gasteiger charge is 2.26. The molecule has 0 aromatic heterocycles. The molecule has 2 rings (SSSR count). The summed E-state index contributed by atoms with van der Waals surface area (Å²) in [5.74, 6) is -0.651. The van der Waals surface area contributed by atoms with Crippen LogP contribution in [-0.2, 0) is 9.59 Å². The summed E-state index contributed by atoms with van der Waals surface area (Å²) in [6.45, 7) is 4.25. The summed E-state index contributed by atoms with van der Waals surface area (Å²) < 4.78 is 0. The number of hydrogen-bond acceptors (Lipinski definition) is 4. The van der Waals surface area contributed by atoms with Crippen molar-refractivity contribution >= 4 is 28.3 Å². The summed E-state index contributed by atoms with van der Waals surface area (Å²) in [5, 5.41) is 7.80. The average molecular weight is 356 g/mol. The van der Waals surface area contributed by atoms with Gasteiger partial charge in [0.2, 0.25) is 11.8 Å². The zero-order valence-electron chi connectivity index (χ0n) is 15.4. The fourth-order valence-corrected chi connectivity index (χ4v) is 2.75. The third kappa shape index (κ3) is 5.28. The van der Waals surface area contributed by atoms with Gasteiger partial charge in [-0.25, -0.2) is 0 Å². The molecule has 0 unspecified atom stereocenters. The number of carbonyl (C=O) groups is 2. The second kappa shape index (κ2) is 9.31. The van der Waals surface area contributed by atoms with E-state index in [-0.39, 0.29) is 17.7 Å². The third-order valence-electron chi connectivity index (χ3n) is 4.32. The van der Waals surface area contributed by atoms with E-state index in [4.69, 9.17) is 11.5 Å². The molecule has 0 aliphatic heterocycles. The second-order valence-electron chi connectivity index (χ2n) is 6.82. The molecule has 2 atom stereocenters. The molecule has 6 N–H and O–H groups in total. The SMILES string of the molecule is CC(C)[C@@H](NC(=O)[C@H](N)CCCN)C(=O)Nc1ccc2ccccc2c1. The highest BCUT2D eigenvalue weighted by atomic mass is 16.2. The fourth-order valence-electron chi connectivity index (χ4n) is 2.75. The first-order valence-corrected chi connectivity index (χ1v) is 8.98. The van der Waals surface area contributed by atoms with Gasteiger partial charge >= 0.3 is 0 Å². The van der Waals surface area contributed by atoms with Crippen LogP contribution >= 0.6 is 0 Å². The molecule has 26 heavy (non-hydrogen) atoms. The Kier molecular flexibility index (Phi) is 7.12. The molecule has 2 amide bonds. The van der Waals surface area contributed by atoms with Gasteiger partial charge in [0, 0.05) is 5.69 Å². The van der Waals surface area contributed by atoms with E-state index in [1.165, 1.54) is 0 Å². The zero-order chi connectivity index (χ0) is 19.1. The Morgan fingerprint density at radius 2 is 1.73 bits per heavy atom. The molecule has 0 fully saturated rings. The second-order valence-corrected chi connectivity index (χ2v) is 6.82. The molecule has 0 spiro atoms. The molecule has 0 aliphatic rings. The standard InChI is InChI=1S/C20H28N4O2/c1-13(2)18(24-19(25)17(22)8-5-11-21)20(26)23-16-10-9-14-6-3-4-7-15(14)12-16/h3-4,6-7,9-10,12-13,17-18H,5,8,11,21-22H2,1-2H3,(H,23,26)(H,24,25)/t17-,18-/m1/s1. The van der Waals surface area contributed by atoms with Crippen molar-refractivity contribution in [1.82, 2.24) is 5.32 Å². The van der Waals surface area contributed by atoms with Crippen LogP contribution in [0.15, 0.2) is 42.5 Å². The van der Waals surface area contributed by atoms with Gasteiger partial charge < -0.3 is 22.1 Å². The Morgan fingerprint density at radius 1 is 1.04 bits per heavy atom. The van der Waals surface area contributed by atoms with Crippen molar-refractivity contribution in [2.24, 2.45) is 17.4 Å². The van der Waals surface area contributed by atoms with Crippen molar-refractivity contribution < 1.29 is 9.59 Å². The van der Waals surface area contributed by atoms with Crippen LogP contribution in [0.3, 0.4) is 0 Å². The number of hydrogen-bond donors (Lipinski definition) is 4. The lowest BCUT2D eigenvalue weighted by atomic mass is 10.0. The third-order valence-corrected chi connectivity index (χ3v) is 4.32. The van der Waals surface area contributed by atoms with Crippen molar-refractivity contribution in [3.63, 3.8) is 0 Å². The van der Waals surface area contributed by atoms with Gasteiger partial charge in [-0.2, -0.15) is 0 Å². The van der Waals surface area contributed by atoms with Gasteiger partial charge in [0.25, 0.3) is 0 Å². The van der Waals surface area contributed by atoms with Crippen LogP contribution in [0.2, 0.25) is 0 Å². The smallest absolute Gasteiger partial charge is 0.247 e. The summed E-state index contributed by atoms with van der Waals surface area (Å²) in [7, 11) is 0. The first kappa shape index (κ1) is 19.9. The van der Waals surface area contributed by atoms with Crippen molar-refractivity contribution in [3.8, 4) is 0 Å². The van der Waals surface area contributed by atoms with Crippen LogP contribution < -0.4 is 22.1 Å². The maximum atomic E-state index is 12.7. The summed E-state index contributed by atoms with van der Waals surface area (Å²) in [6, 6.07) is 12.3. The minimum Gasteiger partial charge on any atom is -0.343 e. The Morgan fingerprint density at radius 3 is 2.38 bits per heavy atom. The lowest BCUT2D eigenvalue weighted by Gasteiger charge is -2.23. The highest BCUT2D eigenvalue weighted by molar-refractivity contribution is 5.99. The Balaban J connectivity index is 2.06. The highest BCUT2D eigenvalue weighted by Crippen LogP contribution is 2.19. The lowest BCUT2D eigenvalue weighted by molar-refractivity contribution is -0.128. The fraction of sp³-hybridized carbons (Fsp3) is 0.400. The van der Waals surface area contributed by atoms with E-state index in [0.29, 0.717) is 25.1 Å². The minimum absolute atomic E-state index is 0.0684. The molecule has 0 radical (unpaired) electrons. The van der Waals surface area contributed by atoms with E-state index < -0.39 is 12.1 Å². The van der Waals surface area contributed by atoms with E-state index >= 15 is 0 Å². The quantitative estimate of drug-likeness (QED) is 0.580. The number of nitrogens with two attached hydrogens (primary N) is 2. The summed E-state index contributed by atoms with van der Waals surface area (Å²) in [4.78, 5) is 24.9. The van der Waals surface area contributed by atoms with Crippen molar-refractivity contribution in [2.75, 3.05) is 11.9 Å². The Labute approximate surface area is 154 Å². The van der Waals surface area contributed by atoms with Gasteiger partial charge in [-0.3, -0.25) is 9.59 Å². The molecule has 0 heterocycles. The van der Waals surface area contributed by atoms with Gasteiger partial charge in [-0.05, 0) is 48.2 Å². The van der Waals surface area contributed by atoms with E-state index in [9.17, 15) is 9.59 Å². The predicted octanol–water partition coefficient (Wildman–Crippen LogP) is 1.99. The Hall–Kier alpha value is -2.44. The average Bonchev–Trinajstić information content (AvgIpc) is 2.63. The largest absolute Gasteiger partial charge is 0.343 e. The van der Waals surface area contributed by atoms with Crippen molar-refractivity contribution in [3.05, 3.63) is 42.5 Å². The normalized spacial score (nSPS) is 13.4. The van der Waals surface area contributed by atoms with Crippen LogP contribution in [0.5, 0.6) is 0 Å². The molecule has 6 heteroatoms. The molecule has 0 saturated heterocycles. The van der Waals surface area contributed by atoms with Crippen LogP contribution in [0.25, 0.3) is 10.8 Å². The molecule has 140 valence electrons. The molecule has 0 aliphatic carbocycles. The van der Waals surface area contributed by atoms with Crippen LogP contribution in [0.4, 0.5) is 5.69 Å². The van der Waals surface area contributed by atoms with Crippen LogP contribution in [0.1, 0.15) is 26.7 Å². The van der Waals surface area contributed by atoms with E-state index in [2.05, 4.69) is 10.6 Å². The van der Waals surface area contributed by atoms with Gasteiger partial charge in [-0.1, -0.05) is 44.2 Å².